The van der Waals surface area contributed by atoms with E-state index in [1.165, 1.54) is 96.6 Å². The first kappa shape index (κ1) is 20.1. The number of likely N-dealkylation sites (tertiary alicyclic amines) is 1. The van der Waals surface area contributed by atoms with Crippen LogP contribution >= 0.6 is 0 Å². The fraction of sp³-hybridized carbons (Fsp3) is 0.880. The molecule has 5 aliphatic rings. The Morgan fingerprint density at radius 2 is 1.76 bits per heavy atom. The molecule has 0 spiro atoms. The van der Waals surface area contributed by atoms with E-state index < -0.39 is 0 Å². The smallest absolute Gasteiger partial charge is 0.234 e. The van der Waals surface area contributed by atoms with E-state index in [4.69, 9.17) is 0 Å². The number of fused-ring (bicyclic) bond motifs is 6. The number of rotatable bonds is 3. The molecular formula is C25H41N3O. The molecular weight excluding hydrogens is 358 g/mol. The molecule has 1 saturated carbocycles. The van der Waals surface area contributed by atoms with Crippen molar-refractivity contribution in [1.82, 2.24) is 15.1 Å². The average Bonchev–Trinajstić information content (AvgIpc) is 2.70. The first-order chi connectivity index (χ1) is 14.3. The van der Waals surface area contributed by atoms with Crippen LogP contribution in [0.5, 0.6) is 0 Å². The third kappa shape index (κ3) is 4.44. The monoisotopic (exact) mass is 399 g/mol. The Balaban J connectivity index is 1.24. The lowest BCUT2D eigenvalue weighted by Crippen LogP contribution is -2.60. The van der Waals surface area contributed by atoms with Crippen molar-refractivity contribution in [2.45, 2.75) is 102 Å². The molecule has 0 radical (unpaired) electrons. The molecule has 0 aromatic carbocycles. The Bertz CT molecular complexity index is 609. The summed E-state index contributed by atoms with van der Waals surface area (Å²) in [7, 11) is 0. The summed E-state index contributed by atoms with van der Waals surface area (Å²) in [6, 6.07) is 1.76. The zero-order chi connectivity index (χ0) is 19.6. The molecule has 3 aliphatic heterocycles. The summed E-state index contributed by atoms with van der Waals surface area (Å²) in [5, 5.41) is 3.42. The molecule has 3 heterocycles. The molecule has 2 aliphatic carbocycles. The van der Waals surface area contributed by atoms with E-state index >= 15 is 0 Å². The zero-order valence-electron chi connectivity index (χ0n) is 18.3. The van der Waals surface area contributed by atoms with Crippen LogP contribution in [0.25, 0.3) is 0 Å². The van der Waals surface area contributed by atoms with Crippen molar-refractivity contribution in [3.05, 3.63) is 11.6 Å². The summed E-state index contributed by atoms with van der Waals surface area (Å²) in [5.41, 5.74) is 1.68. The summed E-state index contributed by atoms with van der Waals surface area (Å²) >= 11 is 0. The van der Waals surface area contributed by atoms with Gasteiger partial charge < -0.3 is 5.32 Å². The maximum atomic E-state index is 13.0. The summed E-state index contributed by atoms with van der Waals surface area (Å²) < 4.78 is 0. The zero-order valence-corrected chi connectivity index (χ0v) is 18.3. The second-order valence-corrected chi connectivity index (χ2v) is 10.6. The second kappa shape index (κ2) is 9.09. The van der Waals surface area contributed by atoms with Gasteiger partial charge in [-0.2, -0.15) is 0 Å². The maximum Gasteiger partial charge on any atom is 0.234 e. The van der Waals surface area contributed by atoms with Crippen LogP contribution in [0.2, 0.25) is 0 Å². The van der Waals surface area contributed by atoms with Crippen molar-refractivity contribution in [2.75, 3.05) is 26.2 Å². The predicted octanol–water partition coefficient (Wildman–Crippen LogP) is 4.11. The number of nitrogens with zero attached hydrogens (tertiary/aromatic N) is 2. The summed E-state index contributed by atoms with van der Waals surface area (Å²) in [5.74, 6) is 1.80. The normalized spacial score (nSPS) is 36.9. The SMILES string of the molecule is O=C(CN1CCCC2=C[C@H]3C[C@@H](CN4CCCC[C@H]34)[C@@H]21)NC1CCCCCCC1. The first-order valence-corrected chi connectivity index (χ1v) is 12.8. The van der Waals surface area contributed by atoms with Gasteiger partial charge in [-0.3, -0.25) is 14.6 Å². The number of nitrogens with one attached hydrogen (secondary N) is 1. The van der Waals surface area contributed by atoms with E-state index in [0.29, 0.717) is 18.6 Å². The molecule has 3 saturated heterocycles. The van der Waals surface area contributed by atoms with Crippen LogP contribution in [0, 0.1) is 11.8 Å². The van der Waals surface area contributed by atoms with Gasteiger partial charge in [0.2, 0.25) is 5.91 Å². The van der Waals surface area contributed by atoms with E-state index in [1.54, 1.807) is 5.57 Å². The number of hydrogen-bond donors (Lipinski definition) is 1. The van der Waals surface area contributed by atoms with Crippen molar-refractivity contribution in [2.24, 2.45) is 11.8 Å². The van der Waals surface area contributed by atoms with Crippen molar-refractivity contribution in [1.29, 1.82) is 0 Å². The van der Waals surface area contributed by atoms with Gasteiger partial charge in [0.1, 0.15) is 0 Å². The molecule has 1 N–H and O–H groups in total. The molecule has 4 heteroatoms. The van der Waals surface area contributed by atoms with E-state index in [-0.39, 0.29) is 5.91 Å². The van der Waals surface area contributed by atoms with Gasteiger partial charge in [0.25, 0.3) is 0 Å². The van der Waals surface area contributed by atoms with Crippen molar-refractivity contribution in [3.63, 3.8) is 0 Å². The van der Waals surface area contributed by atoms with Crippen LogP contribution in [0.1, 0.15) is 83.5 Å². The molecule has 162 valence electrons. The summed E-state index contributed by atoms with van der Waals surface area (Å²) in [6.07, 6.45) is 19.7. The predicted molar refractivity (Wildman–Crippen MR) is 118 cm³/mol. The lowest BCUT2D eigenvalue weighted by Gasteiger charge is -2.54. The highest BCUT2D eigenvalue weighted by atomic mass is 16.2. The van der Waals surface area contributed by atoms with Gasteiger partial charge in [-0.1, -0.05) is 50.2 Å². The highest BCUT2D eigenvalue weighted by Crippen LogP contribution is 2.44. The summed E-state index contributed by atoms with van der Waals surface area (Å²) in [6.45, 7) is 4.29. The third-order valence-electron chi connectivity index (χ3n) is 8.58. The lowest BCUT2D eigenvalue weighted by molar-refractivity contribution is -0.124. The Labute approximate surface area is 177 Å². The average molecular weight is 400 g/mol. The largest absolute Gasteiger partial charge is 0.352 e. The number of carbonyl (C=O) groups is 1. The van der Waals surface area contributed by atoms with Gasteiger partial charge in [0.05, 0.1) is 6.54 Å². The van der Waals surface area contributed by atoms with E-state index in [1.807, 2.05) is 0 Å². The molecule has 4 fully saturated rings. The Hall–Kier alpha value is -0.870. The fourth-order valence-corrected chi connectivity index (χ4v) is 7.32. The molecule has 29 heavy (non-hydrogen) atoms. The highest BCUT2D eigenvalue weighted by Gasteiger charge is 2.46. The van der Waals surface area contributed by atoms with Gasteiger partial charge >= 0.3 is 0 Å². The molecule has 4 atom stereocenters. The van der Waals surface area contributed by atoms with Crippen LogP contribution in [-0.4, -0.2) is 60.0 Å². The highest BCUT2D eigenvalue weighted by molar-refractivity contribution is 5.78. The van der Waals surface area contributed by atoms with Gasteiger partial charge in [0, 0.05) is 24.7 Å². The standard InChI is InChI=1S/C25H41N3O/c29-24(26-22-10-4-2-1-3-5-11-22)18-28-14-8-9-19-15-20-16-21(25(19)28)17-27-13-7-6-12-23(20)27/h15,20-23,25H,1-14,16-18H2,(H,26,29)/t20-,21-,23+,25+/m0/s1. The van der Waals surface area contributed by atoms with Crippen molar-refractivity contribution in [3.8, 4) is 0 Å². The van der Waals surface area contributed by atoms with Gasteiger partial charge in [-0.05, 0) is 69.9 Å². The quantitative estimate of drug-likeness (QED) is 0.726. The topological polar surface area (TPSA) is 35.6 Å². The van der Waals surface area contributed by atoms with Crippen LogP contribution in [0.3, 0.4) is 0 Å². The van der Waals surface area contributed by atoms with Crippen LogP contribution < -0.4 is 5.32 Å². The van der Waals surface area contributed by atoms with Gasteiger partial charge in [-0.25, -0.2) is 0 Å². The van der Waals surface area contributed by atoms with Gasteiger partial charge in [-0.15, -0.1) is 0 Å². The lowest BCUT2D eigenvalue weighted by atomic mass is 9.68. The third-order valence-corrected chi connectivity index (χ3v) is 8.58. The van der Waals surface area contributed by atoms with E-state index in [9.17, 15) is 4.79 Å². The van der Waals surface area contributed by atoms with E-state index in [2.05, 4.69) is 21.2 Å². The van der Waals surface area contributed by atoms with E-state index in [0.717, 1.165) is 24.4 Å². The van der Waals surface area contributed by atoms with Gasteiger partial charge in [0.15, 0.2) is 0 Å². The first-order valence-electron chi connectivity index (χ1n) is 12.8. The number of amides is 1. The number of hydrogen-bond acceptors (Lipinski definition) is 3. The molecule has 1 amide bonds. The Morgan fingerprint density at radius 1 is 0.966 bits per heavy atom. The minimum Gasteiger partial charge on any atom is -0.352 e. The molecule has 0 unspecified atom stereocenters. The number of piperidine rings is 3. The maximum absolute atomic E-state index is 13.0. The van der Waals surface area contributed by atoms with Crippen LogP contribution in [-0.2, 0) is 4.79 Å². The van der Waals surface area contributed by atoms with Crippen LogP contribution in [0.15, 0.2) is 11.6 Å². The van der Waals surface area contributed by atoms with Crippen LogP contribution in [0.4, 0.5) is 0 Å². The minimum absolute atomic E-state index is 0.283. The minimum atomic E-state index is 0.283. The molecule has 5 rings (SSSR count). The Kier molecular flexibility index (Phi) is 6.29. The number of carbonyl (C=O) groups excluding carboxylic acids is 1. The summed E-state index contributed by atoms with van der Waals surface area (Å²) in [4.78, 5) is 18.3. The second-order valence-electron chi connectivity index (χ2n) is 10.6. The molecule has 2 bridgehead atoms. The molecule has 0 aromatic rings. The Morgan fingerprint density at radius 3 is 2.62 bits per heavy atom. The fourth-order valence-electron chi connectivity index (χ4n) is 7.32. The van der Waals surface area contributed by atoms with Crippen molar-refractivity contribution >= 4 is 5.91 Å². The molecule has 0 aromatic heterocycles. The molecule has 4 nitrogen and oxygen atoms in total. The van der Waals surface area contributed by atoms with Crippen molar-refractivity contribution < 1.29 is 4.79 Å².